The minimum absolute atomic E-state index is 0.505. The van der Waals surface area contributed by atoms with E-state index in [-0.39, 0.29) is 0 Å². The normalized spacial score (nSPS) is 25.9. The van der Waals surface area contributed by atoms with Crippen LogP contribution in [0.2, 0.25) is 0 Å². The Morgan fingerprint density at radius 2 is 1.81 bits per heavy atom. The van der Waals surface area contributed by atoms with E-state index in [0.29, 0.717) is 18.0 Å². The highest BCUT2D eigenvalue weighted by molar-refractivity contribution is 5.32. The second kappa shape index (κ2) is 8.67. The number of rotatable bonds is 6. The summed E-state index contributed by atoms with van der Waals surface area (Å²) in [7, 11) is 0. The van der Waals surface area contributed by atoms with Crippen LogP contribution in [0.1, 0.15) is 24.8 Å². The lowest BCUT2D eigenvalue weighted by Gasteiger charge is -2.33. The Labute approximate surface area is 155 Å². The van der Waals surface area contributed by atoms with Crippen LogP contribution in [0, 0.1) is 5.92 Å². The van der Waals surface area contributed by atoms with Crippen LogP contribution in [0.4, 0.5) is 0 Å². The third-order valence-corrected chi connectivity index (χ3v) is 5.51. The molecule has 4 heteroatoms. The number of nitrogens with one attached hydrogen (secondary N) is 2. The Morgan fingerprint density at radius 1 is 1.00 bits per heavy atom. The molecule has 0 bridgehead atoms. The first-order valence-electron chi connectivity index (χ1n) is 9.75. The van der Waals surface area contributed by atoms with Crippen molar-refractivity contribution in [3.05, 3.63) is 60.2 Å². The molecular weight excluding hydrogens is 324 g/mol. The van der Waals surface area contributed by atoms with E-state index in [1.807, 2.05) is 42.5 Å². The van der Waals surface area contributed by atoms with Crippen LogP contribution in [-0.2, 0) is 11.3 Å². The van der Waals surface area contributed by atoms with Gasteiger partial charge in [-0.25, -0.2) is 0 Å². The molecular formula is C22H28N2O2. The van der Waals surface area contributed by atoms with E-state index < -0.39 is 0 Å². The molecule has 26 heavy (non-hydrogen) atoms. The summed E-state index contributed by atoms with van der Waals surface area (Å²) in [5, 5.41) is 7.42. The Hall–Kier alpha value is -1.88. The monoisotopic (exact) mass is 352 g/mol. The van der Waals surface area contributed by atoms with Crippen molar-refractivity contribution in [3.8, 4) is 11.5 Å². The molecule has 138 valence electrons. The van der Waals surface area contributed by atoms with Gasteiger partial charge in [0, 0.05) is 25.2 Å². The van der Waals surface area contributed by atoms with Gasteiger partial charge in [-0.2, -0.15) is 0 Å². The summed E-state index contributed by atoms with van der Waals surface area (Å²) in [4.78, 5) is 0. The predicted octanol–water partition coefficient (Wildman–Crippen LogP) is 3.73. The SMILES string of the molecule is c1ccc(Oc2ccc(CNC3CCCC3C3COCCN3)cc2)cc1. The maximum Gasteiger partial charge on any atom is 0.127 e. The molecule has 1 aliphatic carbocycles. The molecule has 2 aromatic rings. The second-order valence-electron chi connectivity index (χ2n) is 7.28. The van der Waals surface area contributed by atoms with Gasteiger partial charge in [0.1, 0.15) is 11.5 Å². The molecule has 0 spiro atoms. The van der Waals surface area contributed by atoms with Gasteiger partial charge in [0.05, 0.1) is 13.2 Å². The average Bonchev–Trinajstić information content (AvgIpc) is 3.18. The lowest BCUT2D eigenvalue weighted by molar-refractivity contribution is 0.0524. The molecule has 0 radical (unpaired) electrons. The highest BCUT2D eigenvalue weighted by Gasteiger charge is 2.34. The third-order valence-electron chi connectivity index (χ3n) is 5.51. The van der Waals surface area contributed by atoms with Crippen LogP contribution >= 0.6 is 0 Å². The molecule has 4 rings (SSSR count). The van der Waals surface area contributed by atoms with Crippen LogP contribution in [0.25, 0.3) is 0 Å². The lowest BCUT2D eigenvalue weighted by Crippen LogP contribution is -2.50. The molecule has 2 N–H and O–H groups in total. The maximum absolute atomic E-state index is 5.87. The lowest BCUT2D eigenvalue weighted by atomic mass is 9.94. The quantitative estimate of drug-likeness (QED) is 0.831. The number of para-hydroxylation sites is 1. The molecule has 4 nitrogen and oxygen atoms in total. The topological polar surface area (TPSA) is 42.5 Å². The first-order valence-corrected chi connectivity index (χ1v) is 9.75. The summed E-state index contributed by atoms with van der Waals surface area (Å²) < 4.78 is 11.5. The summed E-state index contributed by atoms with van der Waals surface area (Å²) in [6.45, 7) is 3.59. The Balaban J connectivity index is 1.30. The van der Waals surface area contributed by atoms with Crippen molar-refractivity contribution < 1.29 is 9.47 Å². The second-order valence-corrected chi connectivity index (χ2v) is 7.28. The fraction of sp³-hybridized carbons (Fsp3) is 0.455. The Bertz CT molecular complexity index is 668. The van der Waals surface area contributed by atoms with Gasteiger partial charge in [-0.05, 0) is 48.6 Å². The maximum atomic E-state index is 5.87. The minimum atomic E-state index is 0.505. The first-order chi connectivity index (χ1) is 12.9. The standard InChI is InChI=1S/C22H28N2O2/c1-2-5-18(6-3-1)26-19-11-9-17(10-12-19)15-24-21-8-4-7-20(21)22-16-25-14-13-23-22/h1-3,5-6,9-12,20-24H,4,7-8,13-16H2. The van der Waals surface area contributed by atoms with E-state index in [2.05, 4.69) is 22.8 Å². The summed E-state index contributed by atoms with van der Waals surface area (Å²) in [5.41, 5.74) is 1.30. The zero-order valence-corrected chi connectivity index (χ0v) is 15.2. The van der Waals surface area contributed by atoms with Crippen LogP contribution in [0.15, 0.2) is 54.6 Å². The van der Waals surface area contributed by atoms with Crippen molar-refractivity contribution >= 4 is 0 Å². The highest BCUT2D eigenvalue weighted by atomic mass is 16.5. The molecule has 3 unspecified atom stereocenters. The van der Waals surface area contributed by atoms with Gasteiger partial charge in [-0.1, -0.05) is 36.8 Å². The number of hydrogen-bond acceptors (Lipinski definition) is 4. The molecule has 1 saturated heterocycles. The number of ether oxygens (including phenoxy) is 2. The molecule has 2 fully saturated rings. The van der Waals surface area contributed by atoms with Gasteiger partial charge < -0.3 is 20.1 Å². The van der Waals surface area contributed by atoms with E-state index >= 15 is 0 Å². The van der Waals surface area contributed by atoms with E-state index in [1.54, 1.807) is 0 Å². The van der Waals surface area contributed by atoms with Gasteiger partial charge in [-0.15, -0.1) is 0 Å². The molecule has 0 aromatic heterocycles. The molecule has 3 atom stereocenters. The smallest absolute Gasteiger partial charge is 0.127 e. The van der Waals surface area contributed by atoms with Crippen LogP contribution < -0.4 is 15.4 Å². The molecule has 2 aromatic carbocycles. The van der Waals surface area contributed by atoms with Crippen LogP contribution in [0.3, 0.4) is 0 Å². The van der Waals surface area contributed by atoms with Crippen molar-refractivity contribution in [2.75, 3.05) is 19.8 Å². The minimum Gasteiger partial charge on any atom is -0.457 e. The van der Waals surface area contributed by atoms with E-state index in [9.17, 15) is 0 Å². The number of hydrogen-bond donors (Lipinski definition) is 2. The van der Waals surface area contributed by atoms with Crippen molar-refractivity contribution in [1.29, 1.82) is 0 Å². The predicted molar refractivity (Wildman–Crippen MR) is 104 cm³/mol. The Kier molecular flexibility index (Phi) is 5.85. The Morgan fingerprint density at radius 3 is 2.58 bits per heavy atom. The van der Waals surface area contributed by atoms with Crippen molar-refractivity contribution in [2.45, 2.75) is 37.9 Å². The molecule has 2 aliphatic rings. The van der Waals surface area contributed by atoms with E-state index in [0.717, 1.165) is 37.8 Å². The fourth-order valence-corrected chi connectivity index (χ4v) is 4.13. The van der Waals surface area contributed by atoms with Crippen molar-refractivity contribution in [2.24, 2.45) is 5.92 Å². The van der Waals surface area contributed by atoms with Gasteiger partial charge in [0.15, 0.2) is 0 Å². The highest BCUT2D eigenvalue weighted by Crippen LogP contribution is 2.30. The first kappa shape index (κ1) is 17.5. The number of benzene rings is 2. The fourth-order valence-electron chi connectivity index (χ4n) is 4.13. The number of morpholine rings is 1. The van der Waals surface area contributed by atoms with Gasteiger partial charge in [0.2, 0.25) is 0 Å². The molecule has 1 heterocycles. The summed E-state index contributed by atoms with van der Waals surface area (Å²) in [6.07, 6.45) is 3.87. The molecule has 0 amide bonds. The molecule has 1 aliphatic heterocycles. The van der Waals surface area contributed by atoms with Gasteiger partial charge in [0.25, 0.3) is 0 Å². The van der Waals surface area contributed by atoms with Crippen LogP contribution in [0.5, 0.6) is 11.5 Å². The zero-order valence-electron chi connectivity index (χ0n) is 15.2. The van der Waals surface area contributed by atoms with Gasteiger partial charge >= 0.3 is 0 Å². The average molecular weight is 352 g/mol. The largest absolute Gasteiger partial charge is 0.457 e. The molecule has 1 saturated carbocycles. The van der Waals surface area contributed by atoms with Crippen molar-refractivity contribution in [1.82, 2.24) is 10.6 Å². The summed E-state index contributed by atoms with van der Waals surface area (Å²) >= 11 is 0. The van der Waals surface area contributed by atoms with E-state index in [1.165, 1.54) is 24.8 Å². The third kappa shape index (κ3) is 4.44. The zero-order chi connectivity index (χ0) is 17.6. The van der Waals surface area contributed by atoms with E-state index in [4.69, 9.17) is 9.47 Å². The van der Waals surface area contributed by atoms with Gasteiger partial charge in [-0.3, -0.25) is 0 Å². The van der Waals surface area contributed by atoms with Crippen molar-refractivity contribution in [3.63, 3.8) is 0 Å². The summed E-state index contributed by atoms with van der Waals surface area (Å²) in [5.74, 6) is 2.42. The summed E-state index contributed by atoms with van der Waals surface area (Å²) in [6, 6.07) is 19.4. The van der Waals surface area contributed by atoms with Crippen LogP contribution in [-0.4, -0.2) is 31.8 Å².